The first kappa shape index (κ1) is 21.3. The third-order valence-corrected chi connectivity index (χ3v) is 4.67. The molecule has 0 aromatic heterocycles. The van der Waals surface area contributed by atoms with Crippen LogP contribution in [0.2, 0.25) is 0 Å². The topological polar surface area (TPSA) is 83.5 Å². The van der Waals surface area contributed by atoms with Crippen LogP contribution in [0.5, 0.6) is 23.0 Å². The van der Waals surface area contributed by atoms with Crippen molar-refractivity contribution in [2.24, 2.45) is 0 Å². The normalized spacial score (nSPS) is 12.1. The molecule has 1 aliphatic heterocycles. The van der Waals surface area contributed by atoms with E-state index in [-0.39, 0.29) is 18.1 Å². The van der Waals surface area contributed by atoms with Gasteiger partial charge in [-0.3, -0.25) is 4.79 Å². The molecule has 3 rings (SSSR count). The van der Waals surface area contributed by atoms with Gasteiger partial charge in [-0.15, -0.1) is 0 Å². The molecular weight excluding hydrogens is 390 g/mol. The number of rotatable bonds is 8. The summed E-state index contributed by atoms with van der Waals surface area (Å²) in [6, 6.07) is 10.3. The van der Waals surface area contributed by atoms with Gasteiger partial charge in [0.15, 0.2) is 18.1 Å². The van der Waals surface area contributed by atoms with Crippen molar-refractivity contribution in [1.82, 2.24) is 4.90 Å². The fraction of sp³-hybridized carbons (Fsp3) is 0.364. The Morgan fingerprint density at radius 2 is 1.77 bits per heavy atom. The monoisotopic (exact) mass is 415 g/mol. The van der Waals surface area contributed by atoms with Crippen molar-refractivity contribution in [3.05, 3.63) is 47.5 Å². The number of fused-ring (bicyclic) bond motifs is 1. The Hall–Kier alpha value is -3.42. The summed E-state index contributed by atoms with van der Waals surface area (Å²) in [5.41, 5.74) is 1.12. The average molecular weight is 415 g/mol. The van der Waals surface area contributed by atoms with E-state index in [0.29, 0.717) is 49.3 Å². The molecular formula is C22H25NO7. The Morgan fingerprint density at radius 1 is 1.00 bits per heavy atom. The number of methoxy groups -OCH3 is 2. The van der Waals surface area contributed by atoms with Crippen molar-refractivity contribution in [3.63, 3.8) is 0 Å². The number of hydrogen-bond acceptors (Lipinski definition) is 7. The molecule has 0 atom stereocenters. The summed E-state index contributed by atoms with van der Waals surface area (Å²) in [5.74, 6) is 1.29. The van der Waals surface area contributed by atoms with Gasteiger partial charge in [-0.05, 0) is 36.8 Å². The zero-order chi connectivity index (χ0) is 21.5. The Bertz CT molecular complexity index is 912. The van der Waals surface area contributed by atoms with E-state index in [1.807, 2.05) is 25.1 Å². The minimum Gasteiger partial charge on any atom is -0.497 e. The molecule has 1 aliphatic rings. The smallest absolute Gasteiger partial charge is 0.342 e. The molecule has 0 aliphatic carbocycles. The van der Waals surface area contributed by atoms with Crippen LogP contribution in [0.1, 0.15) is 22.8 Å². The molecule has 0 unspecified atom stereocenters. The quantitative estimate of drug-likeness (QED) is 0.613. The lowest BCUT2D eigenvalue weighted by atomic mass is 10.1. The molecule has 0 spiro atoms. The molecule has 2 aromatic carbocycles. The Kier molecular flexibility index (Phi) is 7.00. The van der Waals surface area contributed by atoms with Crippen molar-refractivity contribution in [2.75, 3.05) is 40.6 Å². The van der Waals surface area contributed by atoms with Crippen LogP contribution >= 0.6 is 0 Å². The van der Waals surface area contributed by atoms with Gasteiger partial charge in [-0.25, -0.2) is 4.79 Å². The SMILES string of the molecule is CCN(Cc1ccc2c(c1)OCCO2)C(=O)COC(=O)c1ccc(OC)cc1OC. The van der Waals surface area contributed by atoms with Crippen molar-refractivity contribution in [2.45, 2.75) is 13.5 Å². The summed E-state index contributed by atoms with van der Waals surface area (Å²) in [4.78, 5) is 26.6. The van der Waals surface area contributed by atoms with Crippen LogP contribution in [-0.2, 0) is 16.1 Å². The highest BCUT2D eigenvalue weighted by atomic mass is 16.6. The zero-order valence-electron chi connectivity index (χ0n) is 17.3. The highest BCUT2D eigenvalue weighted by molar-refractivity contribution is 5.94. The average Bonchev–Trinajstić information content (AvgIpc) is 2.80. The van der Waals surface area contributed by atoms with Crippen LogP contribution in [0, 0.1) is 0 Å². The summed E-state index contributed by atoms with van der Waals surface area (Å²) >= 11 is 0. The second-order valence-corrected chi connectivity index (χ2v) is 6.53. The number of benzene rings is 2. The van der Waals surface area contributed by atoms with E-state index in [2.05, 4.69) is 0 Å². The van der Waals surface area contributed by atoms with Crippen molar-refractivity contribution >= 4 is 11.9 Å². The van der Waals surface area contributed by atoms with Crippen LogP contribution in [0.25, 0.3) is 0 Å². The molecule has 8 heteroatoms. The third kappa shape index (κ3) is 4.94. The van der Waals surface area contributed by atoms with Gasteiger partial charge in [0.1, 0.15) is 30.3 Å². The van der Waals surface area contributed by atoms with Crippen molar-refractivity contribution in [3.8, 4) is 23.0 Å². The molecule has 0 radical (unpaired) electrons. The van der Waals surface area contributed by atoms with Gasteiger partial charge in [-0.1, -0.05) is 6.07 Å². The van der Waals surface area contributed by atoms with E-state index in [9.17, 15) is 9.59 Å². The lowest BCUT2D eigenvalue weighted by molar-refractivity contribution is -0.134. The van der Waals surface area contributed by atoms with Crippen LogP contribution in [0.4, 0.5) is 0 Å². The highest BCUT2D eigenvalue weighted by Crippen LogP contribution is 2.31. The molecule has 0 saturated carbocycles. The summed E-state index contributed by atoms with van der Waals surface area (Å²) in [6.07, 6.45) is 0. The van der Waals surface area contributed by atoms with Crippen molar-refractivity contribution in [1.29, 1.82) is 0 Å². The summed E-state index contributed by atoms with van der Waals surface area (Å²) < 4.78 is 26.7. The van der Waals surface area contributed by atoms with E-state index in [4.69, 9.17) is 23.7 Å². The molecule has 1 amide bonds. The summed E-state index contributed by atoms with van der Waals surface area (Å²) in [5, 5.41) is 0. The van der Waals surface area contributed by atoms with E-state index in [0.717, 1.165) is 5.56 Å². The number of esters is 1. The fourth-order valence-corrected chi connectivity index (χ4v) is 3.05. The van der Waals surface area contributed by atoms with Crippen molar-refractivity contribution < 1.29 is 33.3 Å². The molecule has 0 saturated heterocycles. The lowest BCUT2D eigenvalue weighted by Gasteiger charge is -2.23. The van der Waals surface area contributed by atoms with E-state index < -0.39 is 5.97 Å². The standard InChI is InChI=1S/C22H25NO7/c1-4-23(13-15-5-8-18-20(11-15)29-10-9-28-18)21(24)14-30-22(25)17-7-6-16(26-2)12-19(17)27-3/h5-8,11-12H,4,9-10,13-14H2,1-3H3. The van der Waals surface area contributed by atoms with Gasteiger partial charge in [0.05, 0.1) is 14.2 Å². The molecule has 1 heterocycles. The Balaban J connectivity index is 1.61. The maximum absolute atomic E-state index is 12.6. The number of likely N-dealkylation sites (N-methyl/N-ethyl adjacent to an activating group) is 1. The van der Waals surface area contributed by atoms with Crippen LogP contribution < -0.4 is 18.9 Å². The van der Waals surface area contributed by atoms with Crippen LogP contribution in [-0.4, -0.2) is 57.4 Å². The van der Waals surface area contributed by atoms with E-state index in [1.165, 1.54) is 20.3 Å². The summed E-state index contributed by atoms with van der Waals surface area (Å²) in [6.45, 7) is 3.36. The first-order valence-corrected chi connectivity index (χ1v) is 9.61. The predicted molar refractivity (Wildman–Crippen MR) is 108 cm³/mol. The van der Waals surface area contributed by atoms with Gasteiger partial charge in [0.25, 0.3) is 5.91 Å². The minimum absolute atomic E-state index is 0.223. The molecule has 2 aromatic rings. The van der Waals surface area contributed by atoms with Gasteiger partial charge in [0, 0.05) is 19.2 Å². The van der Waals surface area contributed by atoms with E-state index >= 15 is 0 Å². The Labute approximate surface area is 175 Å². The third-order valence-electron chi connectivity index (χ3n) is 4.67. The zero-order valence-corrected chi connectivity index (χ0v) is 17.3. The maximum atomic E-state index is 12.6. The fourth-order valence-electron chi connectivity index (χ4n) is 3.05. The van der Waals surface area contributed by atoms with Gasteiger partial charge in [-0.2, -0.15) is 0 Å². The molecule has 0 bridgehead atoms. The van der Waals surface area contributed by atoms with Crippen LogP contribution in [0.15, 0.2) is 36.4 Å². The second kappa shape index (κ2) is 9.87. The van der Waals surface area contributed by atoms with Gasteiger partial charge in [0.2, 0.25) is 0 Å². The first-order chi connectivity index (χ1) is 14.5. The first-order valence-electron chi connectivity index (χ1n) is 9.61. The largest absolute Gasteiger partial charge is 0.497 e. The van der Waals surface area contributed by atoms with Crippen LogP contribution in [0.3, 0.4) is 0 Å². The minimum atomic E-state index is -0.641. The number of carbonyl (C=O) groups is 2. The molecule has 30 heavy (non-hydrogen) atoms. The molecule has 0 N–H and O–H groups in total. The molecule has 160 valence electrons. The lowest BCUT2D eigenvalue weighted by Crippen LogP contribution is -2.34. The second-order valence-electron chi connectivity index (χ2n) is 6.53. The maximum Gasteiger partial charge on any atom is 0.342 e. The summed E-state index contributed by atoms with van der Waals surface area (Å²) in [7, 11) is 2.97. The Morgan fingerprint density at radius 3 is 2.47 bits per heavy atom. The van der Waals surface area contributed by atoms with Gasteiger partial charge >= 0.3 is 5.97 Å². The predicted octanol–water partition coefficient (Wildman–Crippen LogP) is 2.68. The van der Waals surface area contributed by atoms with E-state index in [1.54, 1.807) is 17.0 Å². The number of carbonyl (C=O) groups excluding carboxylic acids is 2. The molecule has 8 nitrogen and oxygen atoms in total. The number of hydrogen-bond donors (Lipinski definition) is 0. The highest BCUT2D eigenvalue weighted by Gasteiger charge is 2.20. The molecule has 0 fully saturated rings. The number of amides is 1. The number of nitrogens with zero attached hydrogens (tertiary/aromatic N) is 1. The van der Waals surface area contributed by atoms with Gasteiger partial charge < -0.3 is 28.6 Å². The number of ether oxygens (including phenoxy) is 5.